The van der Waals surface area contributed by atoms with Crippen molar-refractivity contribution in [2.75, 3.05) is 78.7 Å². The lowest BCUT2D eigenvalue weighted by molar-refractivity contribution is -0.125. The number of halogens is 1. The summed E-state index contributed by atoms with van der Waals surface area (Å²) < 4.78 is 30.1. The lowest BCUT2D eigenvalue weighted by Gasteiger charge is -2.27. The van der Waals surface area contributed by atoms with E-state index in [-0.39, 0.29) is 64.9 Å². The Bertz CT molecular complexity index is 4990. The van der Waals surface area contributed by atoms with Crippen LogP contribution in [-0.2, 0) is 54.2 Å². The molecule has 27 heteroatoms. The molecule has 5 saturated carbocycles. The van der Waals surface area contributed by atoms with Gasteiger partial charge in [0.1, 0.15) is 19.0 Å². The summed E-state index contributed by atoms with van der Waals surface area (Å²) in [4.78, 5) is 75.0. The summed E-state index contributed by atoms with van der Waals surface area (Å²) in [5.41, 5.74) is 6.21. The van der Waals surface area contributed by atoms with Gasteiger partial charge in [-0.1, -0.05) is 72.8 Å². The van der Waals surface area contributed by atoms with Gasteiger partial charge in [0.2, 0.25) is 41.3 Å². The molecule has 5 aliphatic heterocycles. The Morgan fingerprint density at radius 2 is 0.851 bits per heavy atom. The SMILES string of the molecule is CC(C)(NC(=O)C1[C@H]2CNC[C@@H]12)c1cnc2cccnn12.CC(C)(NC(=O)C1[C@H]2CNC[C@@H]12)c1nn(Cc2ccccc2)c2ccccc12.Cc1cc(F)cnc1OCC(C)(C)NC(=O)C1[C@H]2CNC[C@@H]12.Cc1cccnc1OCC(C)(C)NC(=O)C1[C@H]2CNC[C@@H]12.Cn1nc(C(C)(C)NC(=O)C2[C@H]3CNC[C@@H]23)c2ccccc21. The zero-order chi connectivity index (χ0) is 80.3. The van der Waals surface area contributed by atoms with Gasteiger partial charge in [-0.3, -0.25) is 33.3 Å². The van der Waals surface area contributed by atoms with E-state index >= 15 is 0 Å². The summed E-state index contributed by atoms with van der Waals surface area (Å²) >= 11 is 0. The molecule has 5 aliphatic carbocycles. The molecule has 26 nitrogen and oxygen atoms in total. The Balaban J connectivity index is 0.000000113. The van der Waals surface area contributed by atoms with E-state index in [1.54, 1.807) is 30.0 Å². The number of para-hydroxylation sites is 2. The number of benzene rings is 3. The second kappa shape index (κ2) is 31.8. The van der Waals surface area contributed by atoms with Crippen LogP contribution >= 0.6 is 0 Å². The van der Waals surface area contributed by atoms with Crippen LogP contribution in [0.25, 0.3) is 27.5 Å². The molecule has 5 saturated heterocycles. The highest BCUT2D eigenvalue weighted by Crippen LogP contribution is 2.53. The first-order valence-electron chi connectivity index (χ1n) is 40.6. The number of fused-ring (bicyclic) bond motifs is 8. The Labute approximate surface area is 666 Å². The smallest absolute Gasteiger partial charge is 0.224 e. The fourth-order valence-corrected chi connectivity index (χ4v) is 18.5. The quantitative estimate of drug-likeness (QED) is 0.0339. The van der Waals surface area contributed by atoms with Gasteiger partial charge in [0.15, 0.2) is 5.65 Å². The van der Waals surface area contributed by atoms with E-state index < -0.39 is 27.7 Å². The number of ether oxygens (including phenoxy) is 2. The van der Waals surface area contributed by atoms with Gasteiger partial charge in [-0.2, -0.15) is 15.3 Å². The number of piperidine rings is 5. The predicted molar refractivity (Wildman–Crippen MR) is 433 cm³/mol. The number of nitrogens with zero attached hydrogens (tertiary/aromatic N) is 9. The van der Waals surface area contributed by atoms with E-state index in [1.165, 1.54) is 11.6 Å². The lowest BCUT2D eigenvalue weighted by Crippen LogP contribution is -2.49. The Morgan fingerprint density at radius 3 is 1.32 bits per heavy atom. The molecule has 0 bridgehead atoms. The van der Waals surface area contributed by atoms with Gasteiger partial charge in [-0.25, -0.2) is 23.9 Å². The van der Waals surface area contributed by atoms with Crippen LogP contribution in [0.3, 0.4) is 0 Å². The maximum atomic E-state index is 13.0. The first-order valence-corrected chi connectivity index (χ1v) is 40.6. The minimum absolute atomic E-state index is 0.105. The van der Waals surface area contributed by atoms with Crippen molar-refractivity contribution in [1.29, 1.82) is 0 Å². The van der Waals surface area contributed by atoms with Gasteiger partial charge in [0.25, 0.3) is 0 Å². The maximum Gasteiger partial charge on any atom is 0.224 e. The van der Waals surface area contributed by atoms with Crippen molar-refractivity contribution < 1.29 is 37.8 Å². The molecule has 5 amide bonds. The highest BCUT2D eigenvalue weighted by molar-refractivity contribution is 5.89. The van der Waals surface area contributed by atoms with Crippen LogP contribution in [0.2, 0.25) is 0 Å². The molecule has 0 spiro atoms. The largest absolute Gasteiger partial charge is 0.475 e. The van der Waals surface area contributed by atoms with Crippen molar-refractivity contribution in [3.05, 3.63) is 174 Å². The van der Waals surface area contributed by atoms with E-state index in [0.717, 1.165) is 122 Å². The number of aryl methyl sites for hydroxylation is 3. The molecule has 15 atom stereocenters. The van der Waals surface area contributed by atoms with Crippen LogP contribution in [0, 0.1) is 108 Å². The van der Waals surface area contributed by atoms with E-state index in [1.807, 2.05) is 145 Å². The van der Waals surface area contributed by atoms with E-state index in [4.69, 9.17) is 14.6 Å². The zero-order valence-electron chi connectivity index (χ0n) is 67.8. The molecule has 10 aliphatic rings. The van der Waals surface area contributed by atoms with Crippen molar-refractivity contribution in [1.82, 2.24) is 97.3 Å². The Hall–Kier alpha value is -9.80. The number of nitrogens with one attached hydrogen (secondary N) is 10. The van der Waals surface area contributed by atoms with Crippen molar-refractivity contribution in [2.45, 2.75) is 117 Å². The Morgan fingerprint density at radius 1 is 0.447 bits per heavy atom. The number of imidazole rings is 1. The summed E-state index contributed by atoms with van der Waals surface area (Å²) in [6.07, 6.45) is 6.36. The number of amides is 5. The van der Waals surface area contributed by atoms with Crippen LogP contribution < -0.4 is 62.6 Å². The lowest BCUT2D eigenvalue weighted by atomic mass is 9.96. The number of rotatable bonds is 21. The summed E-state index contributed by atoms with van der Waals surface area (Å²) in [6.45, 7) is 34.8. The third kappa shape index (κ3) is 17.1. The molecule has 6 aromatic heterocycles. The second-order valence-corrected chi connectivity index (χ2v) is 36.1. The van der Waals surface area contributed by atoms with Crippen LogP contribution in [-0.4, -0.2) is 163 Å². The number of hydrogen-bond donors (Lipinski definition) is 10. The molecule has 9 aromatic rings. The summed E-state index contributed by atoms with van der Waals surface area (Å²) in [5, 5.41) is 48.6. The van der Waals surface area contributed by atoms with Gasteiger partial charge < -0.3 is 62.6 Å². The minimum atomic E-state index is -0.525. The summed E-state index contributed by atoms with van der Waals surface area (Å²) in [7, 11) is 1.95. The number of hydrogen-bond acceptors (Lipinski definition) is 18. The molecular formula is C87H112FN19O7. The average Bonchev–Trinajstić information content (AvgIpc) is 1.62. The van der Waals surface area contributed by atoms with E-state index in [2.05, 4.69) is 129 Å². The molecule has 114 heavy (non-hydrogen) atoms. The first-order chi connectivity index (χ1) is 54.5. The molecule has 10 fully saturated rings. The van der Waals surface area contributed by atoms with Crippen LogP contribution in [0.1, 0.15) is 103 Å². The standard InChI is InChI=1S/C23H26N4O.C17H22N4O.C16H22FN3O2.C16H23N3O2.C15H19N5O/c1-23(2,25-22(28)20-17-12-24-13-18(17)20)21-16-10-6-7-11-19(16)27(26-21)14-15-8-4-3-5-9-15;1-17(2,19-16(22)14-11-8-18-9-12(11)14)15-10-6-4-5-7-13(10)21(3)20-15;1-9-4-10(17)5-19-15(9)22-8-16(2,3)20-14(21)13-11-6-18-7-12(11)13;1-10-5-4-6-18-15(10)21-9-16(2,3)19-14(20)13-11-7-17-8-12(11)13;1-15(2,11-8-17-12-4-3-5-18-20(11)12)19-14(21)13-9-6-16-7-10(9)13/h3-11,17-18,20,24H,12-14H2,1-2H3,(H,25,28);4-7,11-12,14,18H,8-9H2,1-3H3,(H,19,22);4-5,11-13,18H,6-8H2,1-3H3,(H,20,21);4-6,11-13,17H,7-9H2,1-3H3,(H,19,20);3-5,8-10,13,16H,6-7H2,1-2H3,(H,19,21)/t17-,18+,20?;11-,12+,14?;2*11-,12+,13?;9-,10+,13?. The molecule has 5 unspecified atom stereocenters. The van der Waals surface area contributed by atoms with Crippen molar-refractivity contribution >= 4 is 57.0 Å². The first kappa shape index (κ1) is 79.4. The van der Waals surface area contributed by atoms with Crippen molar-refractivity contribution in [2.24, 2.45) is 95.8 Å². The third-order valence-electron chi connectivity index (χ3n) is 25.0. The highest BCUT2D eigenvalue weighted by atomic mass is 19.1. The summed E-state index contributed by atoms with van der Waals surface area (Å²) in [5.74, 6) is 7.54. The van der Waals surface area contributed by atoms with Crippen LogP contribution in [0.5, 0.6) is 11.8 Å². The van der Waals surface area contributed by atoms with E-state index in [0.29, 0.717) is 96.3 Å². The maximum absolute atomic E-state index is 13.0. The number of carbonyl (C=O) groups excluding carboxylic acids is 5. The normalized spacial score (nSPS) is 26.2. The topological polar surface area (TPSA) is 316 Å². The predicted octanol–water partition coefficient (Wildman–Crippen LogP) is 7.23. The molecule has 10 N–H and O–H groups in total. The molecule has 0 radical (unpaired) electrons. The van der Waals surface area contributed by atoms with Gasteiger partial charge in [0.05, 0.1) is 74.7 Å². The monoisotopic (exact) mass is 1550 g/mol. The van der Waals surface area contributed by atoms with Gasteiger partial charge in [-0.15, -0.1) is 0 Å². The van der Waals surface area contributed by atoms with Crippen molar-refractivity contribution in [3.63, 3.8) is 0 Å². The summed E-state index contributed by atoms with van der Waals surface area (Å²) in [6, 6.07) is 35.8. The molecule has 604 valence electrons. The fourth-order valence-electron chi connectivity index (χ4n) is 18.5. The molecule has 11 heterocycles. The molecular weight excluding hydrogens is 1440 g/mol. The highest BCUT2D eigenvalue weighted by Gasteiger charge is 2.61. The third-order valence-corrected chi connectivity index (χ3v) is 25.0. The second-order valence-electron chi connectivity index (χ2n) is 36.1. The Kier molecular flexibility index (Phi) is 22.1. The zero-order valence-corrected chi connectivity index (χ0v) is 67.8. The van der Waals surface area contributed by atoms with Crippen LogP contribution in [0.15, 0.2) is 134 Å². The van der Waals surface area contributed by atoms with Crippen molar-refractivity contribution in [3.8, 4) is 11.8 Å². The number of pyridine rings is 2. The molecule has 3 aromatic carbocycles. The van der Waals surface area contributed by atoms with Crippen LogP contribution in [0.4, 0.5) is 4.39 Å². The van der Waals surface area contributed by atoms with Gasteiger partial charge >= 0.3 is 0 Å². The fraction of sp³-hybridized carbons (Fsp3) is 0.529. The molecule has 19 rings (SSSR count). The number of aromatic nitrogens is 9. The van der Waals surface area contributed by atoms with Gasteiger partial charge in [-0.05, 0) is 250 Å². The number of carbonyl (C=O) groups is 5. The van der Waals surface area contributed by atoms with Gasteiger partial charge in [0, 0.05) is 70.9 Å². The average molecular weight is 1550 g/mol. The minimum Gasteiger partial charge on any atom is -0.475 e. The van der Waals surface area contributed by atoms with E-state index in [9.17, 15) is 28.4 Å².